The molecule has 0 fully saturated rings. The minimum atomic E-state index is -0.800. The molecule has 10 heteroatoms. The van der Waals surface area contributed by atoms with Crippen molar-refractivity contribution in [3.63, 3.8) is 0 Å². The van der Waals surface area contributed by atoms with E-state index in [1.807, 2.05) is 0 Å². The number of rotatable bonds is 10. The summed E-state index contributed by atoms with van der Waals surface area (Å²) in [5.41, 5.74) is 6.43. The van der Waals surface area contributed by atoms with Crippen molar-refractivity contribution in [3.05, 3.63) is 42.0 Å². The van der Waals surface area contributed by atoms with Gasteiger partial charge in [-0.25, -0.2) is 4.79 Å². The molecule has 0 unspecified atom stereocenters. The molecule has 4 amide bonds. The van der Waals surface area contributed by atoms with Crippen LogP contribution in [0.1, 0.15) is 52.5 Å². The molecule has 5 N–H and O–H groups in total. The van der Waals surface area contributed by atoms with Gasteiger partial charge in [0.15, 0.2) is 0 Å². The number of imide groups is 1. The van der Waals surface area contributed by atoms with Gasteiger partial charge in [0.2, 0.25) is 5.91 Å². The van der Waals surface area contributed by atoms with Crippen LogP contribution in [0.25, 0.3) is 0 Å². The summed E-state index contributed by atoms with van der Waals surface area (Å²) >= 11 is 0. The van der Waals surface area contributed by atoms with Gasteiger partial charge in [-0.15, -0.1) is 0 Å². The number of primary amides is 1. The van der Waals surface area contributed by atoms with Crippen LogP contribution in [0.3, 0.4) is 0 Å². The molecule has 2 rings (SSSR count). The fourth-order valence-corrected chi connectivity index (χ4v) is 2.49. The lowest BCUT2D eigenvalue weighted by Crippen LogP contribution is -2.32. The van der Waals surface area contributed by atoms with Crippen LogP contribution in [0.2, 0.25) is 0 Å². The number of nitrogens with one attached hydrogen (secondary N) is 1. The third kappa shape index (κ3) is 16.1. The molecule has 1 aliphatic heterocycles. The highest BCUT2D eigenvalue weighted by Gasteiger charge is 2.21. The lowest BCUT2D eigenvalue weighted by Gasteiger charge is -2.10. The van der Waals surface area contributed by atoms with Crippen LogP contribution >= 0.6 is 0 Å². The highest BCUT2D eigenvalue weighted by Crippen LogP contribution is 2.12. The Balaban J connectivity index is 0.000000598. The molecule has 1 heterocycles. The Morgan fingerprint density at radius 1 is 0.943 bits per heavy atom. The van der Waals surface area contributed by atoms with E-state index in [0.29, 0.717) is 24.9 Å². The molecule has 0 aliphatic carbocycles. The zero-order valence-electron chi connectivity index (χ0n) is 21.0. The number of aliphatic hydroxyl groups excluding tert-OH is 2. The molecule has 196 valence electrons. The van der Waals surface area contributed by atoms with E-state index in [1.54, 1.807) is 24.3 Å². The van der Waals surface area contributed by atoms with E-state index >= 15 is 0 Å². The van der Waals surface area contributed by atoms with Crippen molar-refractivity contribution >= 4 is 29.5 Å². The summed E-state index contributed by atoms with van der Waals surface area (Å²) < 4.78 is 4.67. The molecule has 1 aromatic carbocycles. The summed E-state index contributed by atoms with van der Waals surface area (Å²) in [7, 11) is 0. The average molecular weight is 494 g/mol. The summed E-state index contributed by atoms with van der Waals surface area (Å²) in [5, 5.41) is 19.4. The van der Waals surface area contributed by atoms with Gasteiger partial charge in [0.05, 0.1) is 13.2 Å². The number of carbonyl (C=O) groups excluding carboxylic acids is 4. The molecule has 0 spiro atoms. The number of nitrogens with two attached hydrogens (primary N) is 1. The van der Waals surface area contributed by atoms with Gasteiger partial charge in [-0.2, -0.15) is 0 Å². The monoisotopic (exact) mass is 493 g/mol. The highest BCUT2D eigenvalue weighted by molar-refractivity contribution is 6.12. The number of carbonyl (C=O) groups is 4. The van der Waals surface area contributed by atoms with Gasteiger partial charge in [0, 0.05) is 30.9 Å². The predicted molar refractivity (Wildman–Crippen MR) is 133 cm³/mol. The lowest BCUT2D eigenvalue weighted by atomic mass is 10.1. The Hall–Kier alpha value is -3.24. The number of aliphatic hydroxyl groups is 2. The van der Waals surface area contributed by atoms with Crippen molar-refractivity contribution in [2.75, 3.05) is 25.1 Å². The molecular weight excluding hydrogens is 454 g/mol. The number of β-amino-alcohol motifs (C(OH)–C–C–N with tert-alkyl or cyclic N) is 1. The van der Waals surface area contributed by atoms with Crippen LogP contribution in [0.5, 0.6) is 0 Å². The first-order valence-corrected chi connectivity index (χ1v) is 11.6. The molecule has 1 aliphatic rings. The number of hydrogen-bond acceptors (Lipinski definition) is 7. The zero-order chi connectivity index (χ0) is 26.8. The van der Waals surface area contributed by atoms with Crippen LogP contribution in [0.4, 0.5) is 10.5 Å². The quantitative estimate of drug-likeness (QED) is 0.364. The first-order valence-electron chi connectivity index (χ1n) is 11.6. The normalized spacial score (nSPS) is 12.2. The van der Waals surface area contributed by atoms with Gasteiger partial charge >= 0.3 is 6.09 Å². The molecule has 10 nitrogen and oxygen atoms in total. The summed E-state index contributed by atoms with van der Waals surface area (Å²) in [6.45, 7) is 8.73. The zero-order valence-corrected chi connectivity index (χ0v) is 21.0. The third-order valence-electron chi connectivity index (χ3n) is 4.50. The topological polar surface area (TPSA) is 159 Å². The van der Waals surface area contributed by atoms with Gasteiger partial charge in [0.25, 0.3) is 11.8 Å². The minimum Gasteiger partial charge on any atom is -0.445 e. The lowest BCUT2D eigenvalue weighted by molar-refractivity contribution is -0.137. The maximum Gasteiger partial charge on any atom is 0.404 e. The minimum absolute atomic E-state index is 0.00911. The number of benzene rings is 1. The molecule has 1 aromatic rings. The van der Waals surface area contributed by atoms with Crippen molar-refractivity contribution < 1.29 is 34.1 Å². The number of anilines is 1. The summed E-state index contributed by atoms with van der Waals surface area (Å²) in [6.07, 6.45) is 3.90. The second-order valence-electron chi connectivity index (χ2n) is 8.58. The maximum absolute atomic E-state index is 11.6. The van der Waals surface area contributed by atoms with Crippen molar-refractivity contribution in [2.45, 2.75) is 53.6 Å². The Morgan fingerprint density at radius 2 is 1.49 bits per heavy atom. The van der Waals surface area contributed by atoms with Gasteiger partial charge in [0.1, 0.15) is 6.61 Å². The number of hydrogen-bond donors (Lipinski definition) is 4. The molecule has 0 saturated heterocycles. The first kappa shape index (κ1) is 31.8. The molecule has 0 saturated carbocycles. The highest BCUT2D eigenvalue weighted by atomic mass is 16.5. The maximum atomic E-state index is 11.6. The largest absolute Gasteiger partial charge is 0.445 e. The second-order valence-corrected chi connectivity index (χ2v) is 8.58. The number of ether oxygens (including phenoxy) is 1. The van der Waals surface area contributed by atoms with E-state index in [2.05, 4.69) is 37.7 Å². The van der Waals surface area contributed by atoms with Crippen molar-refractivity contribution in [1.82, 2.24) is 4.90 Å². The molecule has 0 radical (unpaired) electrons. The standard InChI is InChI=1S/C14H20N2O3.C6H7NO3.C5H12O/c1-10(2)3-8-13(17)16-12-6-4-11(5-7-12)9-19-14(15)18;8-4-3-7-5(9)1-2-6(7)10;1-5(2)3-4-6/h4-7,10H,3,8-9H2,1-2H3,(H2,15,18)(H,16,17);1-2,8H,3-4H2;5-6H,3-4H2,1-2H3. The van der Waals surface area contributed by atoms with Crippen LogP contribution < -0.4 is 11.1 Å². The van der Waals surface area contributed by atoms with Gasteiger partial charge in [-0.3, -0.25) is 19.3 Å². The van der Waals surface area contributed by atoms with Crippen LogP contribution in [-0.2, 0) is 25.7 Å². The number of amides is 4. The van der Waals surface area contributed by atoms with E-state index in [4.69, 9.17) is 15.9 Å². The first-order chi connectivity index (χ1) is 16.5. The Kier molecular flexibility index (Phi) is 16.5. The molecule has 0 aromatic heterocycles. The van der Waals surface area contributed by atoms with Crippen molar-refractivity contribution in [3.8, 4) is 0 Å². The molecule has 35 heavy (non-hydrogen) atoms. The second kappa shape index (κ2) is 18.1. The van der Waals surface area contributed by atoms with E-state index in [-0.39, 0.29) is 37.5 Å². The fraction of sp³-hybridized carbons (Fsp3) is 0.520. The summed E-state index contributed by atoms with van der Waals surface area (Å²) in [4.78, 5) is 44.4. The smallest absolute Gasteiger partial charge is 0.404 e. The third-order valence-corrected chi connectivity index (χ3v) is 4.50. The van der Waals surface area contributed by atoms with Gasteiger partial charge in [-0.1, -0.05) is 39.8 Å². The molecular formula is C25H39N3O7. The summed E-state index contributed by atoms with van der Waals surface area (Å²) in [5.74, 6) is 0.474. The Bertz CT molecular complexity index is 803. The summed E-state index contributed by atoms with van der Waals surface area (Å²) in [6, 6.07) is 7.10. The number of nitrogens with zero attached hydrogens (tertiary/aromatic N) is 1. The Morgan fingerprint density at radius 3 is 1.89 bits per heavy atom. The van der Waals surface area contributed by atoms with Crippen molar-refractivity contribution in [2.24, 2.45) is 17.6 Å². The van der Waals surface area contributed by atoms with Gasteiger partial charge in [-0.05, 0) is 42.4 Å². The van der Waals surface area contributed by atoms with E-state index in [0.717, 1.165) is 29.0 Å². The molecule has 0 atom stereocenters. The van der Waals surface area contributed by atoms with E-state index < -0.39 is 6.09 Å². The van der Waals surface area contributed by atoms with Gasteiger partial charge < -0.3 is 26.0 Å². The Labute approximate surface area is 207 Å². The fourth-order valence-electron chi connectivity index (χ4n) is 2.49. The molecule has 0 bridgehead atoms. The SMILES string of the molecule is CC(C)CCC(=O)Nc1ccc(COC(N)=O)cc1.CC(C)CCO.O=C1C=CC(=O)N1CCO. The van der Waals surface area contributed by atoms with E-state index in [1.165, 1.54) is 12.2 Å². The van der Waals surface area contributed by atoms with Crippen LogP contribution in [-0.4, -0.2) is 58.7 Å². The predicted octanol–water partition coefficient (Wildman–Crippen LogP) is 2.59. The van der Waals surface area contributed by atoms with Crippen LogP contribution in [0, 0.1) is 11.8 Å². The average Bonchev–Trinajstić information content (AvgIpc) is 3.10. The van der Waals surface area contributed by atoms with E-state index in [9.17, 15) is 19.2 Å². The van der Waals surface area contributed by atoms with Crippen molar-refractivity contribution in [1.29, 1.82) is 0 Å². The van der Waals surface area contributed by atoms with Crippen LogP contribution in [0.15, 0.2) is 36.4 Å².